The topological polar surface area (TPSA) is 59.4 Å². The second-order valence-electron chi connectivity index (χ2n) is 5.16. The molecule has 120 valence electrons. The molecule has 4 nitrogen and oxygen atoms in total. The highest BCUT2D eigenvalue weighted by atomic mass is 35.5. The summed E-state index contributed by atoms with van der Waals surface area (Å²) in [5.74, 6) is -0.396. The summed E-state index contributed by atoms with van der Waals surface area (Å²) < 4.78 is 5.78. The zero-order valence-electron chi connectivity index (χ0n) is 12.6. The Hall–Kier alpha value is -2.85. The van der Waals surface area contributed by atoms with E-state index < -0.39 is 5.97 Å². The van der Waals surface area contributed by atoms with E-state index in [1.807, 2.05) is 48.5 Å². The van der Waals surface area contributed by atoms with Gasteiger partial charge in [0.25, 0.3) is 0 Å². The fourth-order valence-electron chi connectivity index (χ4n) is 2.33. The minimum Gasteiger partial charge on any atom is -0.489 e. The summed E-state index contributed by atoms with van der Waals surface area (Å²) >= 11 is 5.80. The Morgan fingerprint density at radius 1 is 1.08 bits per heavy atom. The largest absolute Gasteiger partial charge is 0.489 e. The van der Waals surface area contributed by atoms with E-state index in [2.05, 4.69) is 4.98 Å². The molecule has 0 unspecified atom stereocenters. The number of carboxylic acid groups (broad SMARTS) is 1. The Labute approximate surface area is 144 Å². The van der Waals surface area contributed by atoms with Gasteiger partial charge in [-0.25, -0.2) is 9.78 Å². The molecule has 0 bridgehead atoms. The van der Waals surface area contributed by atoms with Gasteiger partial charge in [0, 0.05) is 11.8 Å². The van der Waals surface area contributed by atoms with Crippen LogP contribution >= 0.6 is 11.6 Å². The van der Waals surface area contributed by atoms with Crippen molar-refractivity contribution in [3.63, 3.8) is 0 Å². The standard InChI is InChI=1S/C19H14ClNO3/c20-18-10-16(19(22)23)17(11-21-18)14-7-4-8-15(9-14)24-12-13-5-2-1-3-6-13/h1-11H,12H2,(H,22,23). The minimum atomic E-state index is -1.05. The van der Waals surface area contributed by atoms with Crippen molar-refractivity contribution in [3.8, 4) is 16.9 Å². The Morgan fingerprint density at radius 3 is 2.62 bits per heavy atom. The first-order valence-electron chi connectivity index (χ1n) is 7.29. The molecule has 24 heavy (non-hydrogen) atoms. The van der Waals surface area contributed by atoms with E-state index in [0.29, 0.717) is 23.5 Å². The van der Waals surface area contributed by atoms with Crippen molar-refractivity contribution in [2.75, 3.05) is 0 Å². The summed E-state index contributed by atoms with van der Waals surface area (Å²) in [6, 6.07) is 18.4. The highest BCUT2D eigenvalue weighted by Crippen LogP contribution is 2.28. The van der Waals surface area contributed by atoms with Crippen LogP contribution in [0.1, 0.15) is 15.9 Å². The number of carboxylic acids is 1. The highest BCUT2D eigenvalue weighted by Gasteiger charge is 2.13. The maximum absolute atomic E-state index is 11.4. The van der Waals surface area contributed by atoms with Gasteiger partial charge in [-0.2, -0.15) is 0 Å². The van der Waals surface area contributed by atoms with E-state index in [-0.39, 0.29) is 10.7 Å². The van der Waals surface area contributed by atoms with Crippen molar-refractivity contribution >= 4 is 17.6 Å². The Kier molecular flexibility index (Phi) is 4.77. The average molecular weight is 340 g/mol. The minimum absolute atomic E-state index is 0.107. The van der Waals surface area contributed by atoms with E-state index in [1.54, 1.807) is 6.07 Å². The maximum Gasteiger partial charge on any atom is 0.336 e. The van der Waals surface area contributed by atoms with Gasteiger partial charge >= 0.3 is 5.97 Å². The molecular weight excluding hydrogens is 326 g/mol. The van der Waals surface area contributed by atoms with Crippen molar-refractivity contribution in [2.45, 2.75) is 6.61 Å². The lowest BCUT2D eigenvalue weighted by Crippen LogP contribution is -2.01. The van der Waals surface area contributed by atoms with E-state index in [4.69, 9.17) is 16.3 Å². The van der Waals surface area contributed by atoms with Crippen molar-refractivity contribution in [1.29, 1.82) is 0 Å². The summed E-state index contributed by atoms with van der Waals surface area (Å²) in [7, 11) is 0. The van der Waals surface area contributed by atoms with E-state index in [9.17, 15) is 9.90 Å². The molecule has 3 aromatic rings. The second kappa shape index (κ2) is 7.15. The molecule has 0 spiro atoms. The number of halogens is 1. The fraction of sp³-hybridized carbons (Fsp3) is 0.0526. The normalized spacial score (nSPS) is 10.4. The molecule has 0 radical (unpaired) electrons. The molecule has 0 fully saturated rings. The van der Waals surface area contributed by atoms with Crippen LogP contribution in [0.5, 0.6) is 5.75 Å². The number of hydrogen-bond donors (Lipinski definition) is 1. The Morgan fingerprint density at radius 2 is 1.88 bits per heavy atom. The van der Waals surface area contributed by atoms with Crippen LogP contribution in [0, 0.1) is 0 Å². The van der Waals surface area contributed by atoms with Gasteiger partial charge in [-0.1, -0.05) is 54.1 Å². The molecule has 0 saturated heterocycles. The number of aromatic nitrogens is 1. The number of carbonyl (C=O) groups is 1. The number of rotatable bonds is 5. The first-order chi connectivity index (χ1) is 11.6. The number of nitrogens with zero attached hydrogens (tertiary/aromatic N) is 1. The van der Waals surface area contributed by atoms with Crippen molar-refractivity contribution in [3.05, 3.63) is 83.1 Å². The summed E-state index contributed by atoms with van der Waals surface area (Å²) in [6.07, 6.45) is 1.46. The van der Waals surface area contributed by atoms with Gasteiger partial charge in [0.15, 0.2) is 0 Å². The number of hydrogen-bond acceptors (Lipinski definition) is 3. The van der Waals surface area contributed by atoms with Crippen molar-refractivity contribution in [1.82, 2.24) is 4.98 Å². The van der Waals surface area contributed by atoms with Gasteiger partial charge in [-0.3, -0.25) is 0 Å². The van der Waals surface area contributed by atoms with Crippen molar-refractivity contribution in [2.24, 2.45) is 0 Å². The Bertz CT molecular complexity index is 865. The van der Waals surface area contributed by atoms with Gasteiger partial charge in [-0.05, 0) is 29.3 Å². The number of pyridine rings is 1. The van der Waals surface area contributed by atoms with Gasteiger partial charge in [0.05, 0.1) is 5.56 Å². The highest BCUT2D eigenvalue weighted by molar-refractivity contribution is 6.29. The smallest absolute Gasteiger partial charge is 0.336 e. The Balaban J connectivity index is 1.87. The summed E-state index contributed by atoms with van der Waals surface area (Å²) in [6.45, 7) is 0.439. The lowest BCUT2D eigenvalue weighted by Gasteiger charge is -2.10. The van der Waals surface area contributed by atoms with Crippen LogP contribution in [0.25, 0.3) is 11.1 Å². The lowest BCUT2D eigenvalue weighted by atomic mass is 10.0. The predicted molar refractivity (Wildman–Crippen MR) is 92.4 cm³/mol. The maximum atomic E-state index is 11.4. The van der Waals surface area contributed by atoms with Crippen LogP contribution in [0.4, 0.5) is 0 Å². The molecule has 0 amide bonds. The third-order valence-electron chi connectivity index (χ3n) is 3.49. The molecule has 5 heteroatoms. The molecule has 0 aliphatic heterocycles. The molecule has 1 N–H and O–H groups in total. The molecule has 1 heterocycles. The first kappa shape index (κ1) is 16.0. The summed E-state index contributed by atoms with van der Waals surface area (Å²) in [4.78, 5) is 15.4. The molecule has 0 saturated carbocycles. The quantitative estimate of drug-likeness (QED) is 0.686. The fourth-order valence-corrected chi connectivity index (χ4v) is 2.49. The monoisotopic (exact) mass is 339 g/mol. The SMILES string of the molecule is O=C(O)c1cc(Cl)ncc1-c1cccc(OCc2ccccc2)c1. The van der Waals surface area contributed by atoms with Gasteiger partial charge in [-0.15, -0.1) is 0 Å². The summed E-state index contributed by atoms with van der Waals surface area (Å²) in [5.41, 5.74) is 2.37. The van der Waals surface area contributed by atoms with Gasteiger partial charge < -0.3 is 9.84 Å². The molecular formula is C19H14ClNO3. The molecule has 0 aliphatic carbocycles. The number of aromatic carboxylic acids is 1. The molecule has 2 aromatic carbocycles. The van der Waals surface area contributed by atoms with Gasteiger partial charge in [0.1, 0.15) is 17.5 Å². The third kappa shape index (κ3) is 3.73. The molecule has 3 rings (SSSR count). The number of benzene rings is 2. The van der Waals surface area contributed by atoms with Crippen molar-refractivity contribution < 1.29 is 14.6 Å². The molecule has 0 atom stereocenters. The summed E-state index contributed by atoms with van der Waals surface area (Å²) in [5, 5.41) is 9.50. The average Bonchev–Trinajstić information content (AvgIpc) is 2.61. The van der Waals surface area contributed by atoms with Crippen LogP contribution in [0.15, 0.2) is 66.9 Å². The number of ether oxygens (including phenoxy) is 1. The lowest BCUT2D eigenvalue weighted by molar-refractivity contribution is 0.0697. The van der Waals surface area contributed by atoms with Crippen LogP contribution in [0.2, 0.25) is 5.15 Å². The van der Waals surface area contributed by atoms with E-state index >= 15 is 0 Å². The zero-order chi connectivity index (χ0) is 16.9. The van der Waals surface area contributed by atoms with Gasteiger partial charge in [0.2, 0.25) is 0 Å². The van der Waals surface area contributed by atoms with Crippen LogP contribution in [-0.2, 0) is 6.61 Å². The zero-order valence-corrected chi connectivity index (χ0v) is 13.4. The third-order valence-corrected chi connectivity index (χ3v) is 3.70. The first-order valence-corrected chi connectivity index (χ1v) is 7.67. The second-order valence-corrected chi connectivity index (χ2v) is 5.55. The molecule has 1 aromatic heterocycles. The van der Waals surface area contributed by atoms with Crippen LogP contribution in [0.3, 0.4) is 0 Å². The van der Waals surface area contributed by atoms with Crippen LogP contribution in [-0.4, -0.2) is 16.1 Å². The molecule has 0 aliphatic rings. The van der Waals surface area contributed by atoms with E-state index in [1.165, 1.54) is 12.3 Å². The van der Waals surface area contributed by atoms with Crippen LogP contribution < -0.4 is 4.74 Å². The predicted octanol–water partition coefficient (Wildman–Crippen LogP) is 4.68. The van der Waals surface area contributed by atoms with E-state index in [0.717, 1.165) is 5.56 Å².